The number of hydrogen-bond donors (Lipinski definition) is 2. The second-order valence-corrected chi connectivity index (χ2v) is 11.9. The quantitative estimate of drug-likeness (QED) is 0.479. The van der Waals surface area contributed by atoms with Crippen molar-refractivity contribution in [3.8, 4) is 0 Å². The van der Waals surface area contributed by atoms with Crippen molar-refractivity contribution >= 4 is 29.7 Å². The number of thioether (sulfide) groups is 1. The molecule has 0 heterocycles. The lowest BCUT2D eigenvalue weighted by molar-refractivity contribution is -0.143. The summed E-state index contributed by atoms with van der Waals surface area (Å²) in [7, 11) is 0. The second kappa shape index (κ2) is 12.2. The molecule has 1 aromatic rings. The first kappa shape index (κ1) is 29.0. The number of ether oxygens (including phenoxy) is 1. The molecule has 1 saturated carbocycles. The molecule has 0 aromatic heterocycles. The first-order chi connectivity index (χ1) is 16.2. The number of nitrogens with zero attached hydrogens (tertiary/aromatic N) is 1. The van der Waals surface area contributed by atoms with Gasteiger partial charge in [-0.1, -0.05) is 30.7 Å². The molecule has 1 fully saturated rings. The molecule has 1 aliphatic rings. The molecule has 1 aliphatic carbocycles. The van der Waals surface area contributed by atoms with E-state index in [0.717, 1.165) is 23.1 Å². The van der Waals surface area contributed by atoms with Gasteiger partial charge in [0.25, 0.3) is 0 Å². The topological polar surface area (TPSA) is 87.7 Å². The molecule has 7 nitrogen and oxygen atoms in total. The monoisotopic (exact) mass is 505 g/mol. The molecular weight excluding hydrogens is 462 g/mol. The number of nitrogens with one attached hydrogen (secondary N) is 2. The average Bonchev–Trinajstić information content (AvgIpc) is 3.43. The largest absolute Gasteiger partial charge is 0.444 e. The minimum absolute atomic E-state index is 0.0664. The Bertz CT molecular complexity index is 912. The van der Waals surface area contributed by atoms with E-state index in [1.807, 2.05) is 52.1 Å². The Labute approximate surface area is 215 Å². The van der Waals surface area contributed by atoms with Gasteiger partial charge in [-0.2, -0.15) is 11.8 Å². The van der Waals surface area contributed by atoms with Crippen LogP contribution in [0.4, 0.5) is 4.79 Å². The van der Waals surface area contributed by atoms with Crippen LogP contribution in [0.25, 0.3) is 0 Å². The number of carbonyl (C=O) groups excluding carboxylic acids is 3. The molecule has 0 saturated heterocycles. The number of amides is 3. The van der Waals surface area contributed by atoms with E-state index in [9.17, 15) is 14.4 Å². The van der Waals surface area contributed by atoms with E-state index in [4.69, 9.17) is 4.74 Å². The molecule has 4 unspecified atom stereocenters. The van der Waals surface area contributed by atoms with E-state index < -0.39 is 23.8 Å². The zero-order chi connectivity index (χ0) is 26.5. The van der Waals surface area contributed by atoms with Crippen LogP contribution in [-0.2, 0) is 14.3 Å². The van der Waals surface area contributed by atoms with Crippen LogP contribution in [0.1, 0.15) is 77.1 Å². The van der Waals surface area contributed by atoms with Crippen molar-refractivity contribution in [1.82, 2.24) is 15.5 Å². The van der Waals surface area contributed by atoms with E-state index in [1.54, 1.807) is 37.4 Å². The van der Waals surface area contributed by atoms with Crippen LogP contribution in [0.15, 0.2) is 18.2 Å². The minimum atomic E-state index is -0.787. The van der Waals surface area contributed by atoms with Crippen LogP contribution in [0.5, 0.6) is 0 Å². The van der Waals surface area contributed by atoms with E-state index >= 15 is 0 Å². The molecule has 0 aliphatic heterocycles. The number of rotatable bonds is 10. The molecule has 2 N–H and O–H groups in total. The lowest BCUT2D eigenvalue weighted by atomic mass is 9.95. The highest BCUT2D eigenvalue weighted by atomic mass is 32.2. The van der Waals surface area contributed by atoms with Gasteiger partial charge in [0.15, 0.2) is 0 Å². The van der Waals surface area contributed by atoms with Crippen LogP contribution in [-0.4, -0.2) is 58.5 Å². The number of carbonyl (C=O) groups is 3. The number of aryl methyl sites for hydroxylation is 2. The van der Waals surface area contributed by atoms with Crippen molar-refractivity contribution in [3.63, 3.8) is 0 Å². The molecular formula is C27H43N3O4S. The lowest BCUT2D eigenvalue weighted by Gasteiger charge is -2.36. The second-order valence-electron chi connectivity index (χ2n) is 10.9. The summed E-state index contributed by atoms with van der Waals surface area (Å²) in [4.78, 5) is 42.1. The molecule has 0 spiro atoms. The van der Waals surface area contributed by atoms with Gasteiger partial charge in [-0.05, 0) is 90.4 Å². The number of hydrogen-bond acceptors (Lipinski definition) is 5. The molecule has 3 amide bonds. The lowest BCUT2D eigenvalue weighted by Crippen LogP contribution is -2.54. The Kier molecular flexibility index (Phi) is 10.1. The Morgan fingerprint density at radius 1 is 1.17 bits per heavy atom. The minimum Gasteiger partial charge on any atom is -0.444 e. The van der Waals surface area contributed by atoms with Crippen molar-refractivity contribution in [2.24, 2.45) is 5.92 Å². The van der Waals surface area contributed by atoms with Gasteiger partial charge < -0.3 is 20.3 Å². The molecule has 2 rings (SSSR count). The van der Waals surface area contributed by atoms with Crippen molar-refractivity contribution in [1.29, 1.82) is 0 Å². The van der Waals surface area contributed by atoms with Crippen LogP contribution in [0.3, 0.4) is 0 Å². The summed E-state index contributed by atoms with van der Waals surface area (Å²) in [5.41, 5.74) is 2.18. The maximum Gasteiger partial charge on any atom is 0.408 e. The summed E-state index contributed by atoms with van der Waals surface area (Å²) in [6.45, 7) is 15.3. The van der Waals surface area contributed by atoms with Crippen molar-refractivity contribution in [3.05, 3.63) is 34.9 Å². The Morgan fingerprint density at radius 3 is 2.29 bits per heavy atom. The molecule has 0 radical (unpaired) electrons. The summed E-state index contributed by atoms with van der Waals surface area (Å²) in [6.07, 6.45) is 2.60. The van der Waals surface area contributed by atoms with E-state index in [1.165, 1.54) is 0 Å². The van der Waals surface area contributed by atoms with E-state index in [0.29, 0.717) is 12.2 Å². The van der Waals surface area contributed by atoms with Crippen LogP contribution in [0, 0.1) is 19.8 Å². The van der Waals surface area contributed by atoms with Gasteiger partial charge in [0.05, 0.1) is 0 Å². The fourth-order valence-corrected chi connectivity index (χ4v) is 4.68. The highest BCUT2D eigenvalue weighted by Crippen LogP contribution is 2.41. The van der Waals surface area contributed by atoms with E-state index in [2.05, 4.69) is 17.6 Å². The third-order valence-corrected chi connectivity index (χ3v) is 6.60. The van der Waals surface area contributed by atoms with Crippen LogP contribution in [0.2, 0.25) is 0 Å². The van der Waals surface area contributed by atoms with Crippen molar-refractivity contribution < 1.29 is 19.1 Å². The molecule has 35 heavy (non-hydrogen) atoms. The van der Waals surface area contributed by atoms with Gasteiger partial charge in [0.1, 0.15) is 17.7 Å². The van der Waals surface area contributed by atoms with E-state index in [-0.39, 0.29) is 29.8 Å². The first-order valence-corrected chi connectivity index (χ1v) is 13.8. The van der Waals surface area contributed by atoms with Gasteiger partial charge >= 0.3 is 6.09 Å². The summed E-state index contributed by atoms with van der Waals surface area (Å²) in [5.74, 6) is 0.511. The Morgan fingerprint density at radius 2 is 1.80 bits per heavy atom. The SMILES string of the molecule is CSCCC(NC(=O)OC(C)(C)C)C(=O)N(C(C(=O)NC(C)C)c1ccc(C)cc1C)C1CC1C. The Balaban J connectivity index is 2.50. The summed E-state index contributed by atoms with van der Waals surface area (Å²) in [5, 5.41) is 5.82. The van der Waals surface area contributed by atoms with Crippen LogP contribution < -0.4 is 10.6 Å². The van der Waals surface area contributed by atoms with Crippen molar-refractivity contribution in [2.75, 3.05) is 12.0 Å². The normalized spacial score (nSPS) is 19.0. The zero-order valence-corrected chi connectivity index (χ0v) is 23.5. The molecule has 0 bridgehead atoms. The fourth-order valence-electron chi connectivity index (χ4n) is 4.21. The zero-order valence-electron chi connectivity index (χ0n) is 22.7. The molecule has 1 aromatic carbocycles. The predicted octanol–water partition coefficient (Wildman–Crippen LogP) is 4.75. The highest BCUT2D eigenvalue weighted by Gasteiger charge is 2.48. The molecule has 196 valence electrons. The van der Waals surface area contributed by atoms with Gasteiger partial charge in [0, 0.05) is 12.1 Å². The Hall–Kier alpha value is -2.22. The standard InChI is InChI=1S/C27H43N3O4S/c1-16(2)28-24(31)23(20-11-10-17(3)14-18(20)4)30(22-15-19(22)5)25(32)21(12-13-35-9)29-26(33)34-27(6,7)8/h10-11,14,16,19,21-23H,12-13,15H2,1-9H3,(H,28,31)(H,29,33). The average molecular weight is 506 g/mol. The molecule has 4 atom stereocenters. The predicted molar refractivity (Wildman–Crippen MR) is 143 cm³/mol. The first-order valence-electron chi connectivity index (χ1n) is 12.4. The summed E-state index contributed by atoms with van der Waals surface area (Å²) < 4.78 is 5.45. The maximum absolute atomic E-state index is 14.1. The van der Waals surface area contributed by atoms with Gasteiger partial charge in [-0.15, -0.1) is 0 Å². The van der Waals surface area contributed by atoms with Gasteiger partial charge in [-0.25, -0.2) is 4.79 Å². The molecule has 8 heteroatoms. The summed E-state index contributed by atoms with van der Waals surface area (Å²) in [6, 6.07) is 4.25. The number of alkyl carbamates (subject to hydrolysis) is 1. The van der Waals surface area contributed by atoms with Gasteiger partial charge in [0.2, 0.25) is 11.8 Å². The van der Waals surface area contributed by atoms with Crippen LogP contribution >= 0.6 is 11.8 Å². The smallest absolute Gasteiger partial charge is 0.408 e. The third-order valence-electron chi connectivity index (χ3n) is 5.96. The number of benzene rings is 1. The third kappa shape index (κ3) is 8.44. The van der Waals surface area contributed by atoms with Crippen molar-refractivity contribution in [2.45, 2.75) is 98.0 Å². The fraction of sp³-hybridized carbons (Fsp3) is 0.667. The highest BCUT2D eigenvalue weighted by molar-refractivity contribution is 7.98. The maximum atomic E-state index is 14.1. The van der Waals surface area contributed by atoms with Gasteiger partial charge in [-0.3, -0.25) is 9.59 Å². The summed E-state index contributed by atoms with van der Waals surface area (Å²) >= 11 is 1.61.